The molecule has 0 aromatic heterocycles. The average molecular weight is 280 g/mol. The molecule has 1 heterocycles. The van der Waals surface area contributed by atoms with Crippen molar-refractivity contribution in [1.82, 2.24) is 10.6 Å². The predicted molar refractivity (Wildman–Crippen MR) is 71.9 cm³/mol. The number of nitrogens with zero attached hydrogens (tertiary/aromatic N) is 1. The van der Waals surface area contributed by atoms with Gasteiger partial charge in [-0.15, -0.1) is 12.4 Å². The van der Waals surface area contributed by atoms with Gasteiger partial charge < -0.3 is 5.32 Å². The lowest BCUT2D eigenvalue weighted by atomic mass is 10.1. The molecule has 5 nitrogen and oxygen atoms in total. The van der Waals surface area contributed by atoms with E-state index in [4.69, 9.17) is 5.26 Å². The van der Waals surface area contributed by atoms with Crippen molar-refractivity contribution in [2.45, 2.75) is 18.9 Å². The van der Waals surface area contributed by atoms with Crippen molar-refractivity contribution in [2.75, 3.05) is 6.54 Å². The number of halogens is 1. The molecule has 19 heavy (non-hydrogen) atoms. The fourth-order valence-corrected chi connectivity index (χ4v) is 1.88. The average Bonchev–Trinajstić information content (AvgIpc) is 2.92. The van der Waals surface area contributed by atoms with Crippen LogP contribution < -0.4 is 10.6 Å². The molecule has 1 aromatic rings. The van der Waals surface area contributed by atoms with Gasteiger partial charge in [-0.3, -0.25) is 14.9 Å². The Balaban J connectivity index is 0.00000180. The summed E-state index contributed by atoms with van der Waals surface area (Å²) < 4.78 is 0. The van der Waals surface area contributed by atoms with E-state index in [-0.39, 0.29) is 24.4 Å². The minimum absolute atomic E-state index is 0. The Hall–Kier alpha value is -1.90. The molecule has 6 heteroatoms. The maximum atomic E-state index is 11.8. The van der Waals surface area contributed by atoms with Crippen molar-refractivity contribution in [3.05, 3.63) is 35.4 Å². The zero-order valence-electron chi connectivity index (χ0n) is 10.2. The molecule has 0 aliphatic carbocycles. The molecule has 0 spiro atoms. The SMILES string of the molecule is Cl.N#Cc1ccc(C(=O)NC(=O)[C@@H]2CCCN2)cc1. The van der Waals surface area contributed by atoms with Crippen molar-refractivity contribution >= 4 is 24.2 Å². The van der Waals surface area contributed by atoms with E-state index in [0.29, 0.717) is 11.1 Å². The number of nitriles is 1. The summed E-state index contributed by atoms with van der Waals surface area (Å²) in [6, 6.07) is 7.86. The lowest BCUT2D eigenvalue weighted by Crippen LogP contribution is -2.43. The summed E-state index contributed by atoms with van der Waals surface area (Å²) in [5.74, 6) is -0.722. The first-order valence-electron chi connectivity index (χ1n) is 5.79. The van der Waals surface area contributed by atoms with Crippen LogP contribution in [0.2, 0.25) is 0 Å². The lowest BCUT2D eigenvalue weighted by Gasteiger charge is -2.09. The summed E-state index contributed by atoms with van der Waals surface area (Å²) >= 11 is 0. The molecular formula is C13H14ClN3O2. The van der Waals surface area contributed by atoms with Crippen LogP contribution >= 0.6 is 12.4 Å². The number of carbonyl (C=O) groups is 2. The number of hydrogen-bond donors (Lipinski definition) is 2. The highest BCUT2D eigenvalue weighted by molar-refractivity contribution is 6.06. The Morgan fingerprint density at radius 2 is 2.00 bits per heavy atom. The largest absolute Gasteiger partial charge is 0.306 e. The Kier molecular flexibility index (Phi) is 5.49. The summed E-state index contributed by atoms with van der Waals surface area (Å²) in [5, 5.41) is 14.0. The van der Waals surface area contributed by atoms with Crippen LogP contribution in [0.5, 0.6) is 0 Å². The van der Waals surface area contributed by atoms with Crippen LogP contribution in [0, 0.1) is 11.3 Å². The third-order valence-corrected chi connectivity index (χ3v) is 2.89. The molecule has 0 unspecified atom stereocenters. The Morgan fingerprint density at radius 3 is 2.53 bits per heavy atom. The first-order valence-corrected chi connectivity index (χ1v) is 5.79. The van der Waals surface area contributed by atoms with Crippen molar-refractivity contribution in [3.8, 4) is 6.07 Å². The van der Waals surface area contributed by atoms with Crippen LogP contribution in [-0.4, -0.2) is 24.4 Å². The minimum atomic E-state index is -0.432. The molecule has 1 atom stereocenters. The van der Waals surface area contributed by atoms with E-state index in [2.05, 4.69) is 10.6 Å². The highest BCUT2D eigenvalue weighted by Crippen LogP contribution is 2.06. The lowest BCUT2D eigenvalue weighted by molar-refractivity contribution is -0.121. The van der Waals surface area contributed by atoms with Gasteiger partial charge in [0.05, 0.1) is 17.7 Å². The van der Waals surface area contributed by atoms with Crippen molar-refractivity contribution in [1.29, 1.82) is 5.26 Å². The monoisotopic (exact) mass is 279 g/mol. The van der Waals surface area contributed by atoms with E-state index >= 15 is 0 Å². The van der Waals surface area contributed by atoms with Crippen molar-refractivity contribution in [3.63, 3.8) is 0 Å². The second-order valence-electron chi connectivity index (χ2n) is 4.16. The predicted octanol–water partition coefficient (Wildman–Crippen LogP) is 0.988. The normalized spacial score (nSPS) is 17.1. The van der Waals surface area contributed by atoms with E-state index in [9.17, 15) is 9.59 Å². The number of benzene rings is 1. The zero-order chi connectivity index (χ0) is 13.0. The molecule has 1 aliphatic rings. The van der Waals surface area contributed by atoms with Crippen molar-refractivity contribution in [2.24, 2.45) is 0 Å². The van der Waals surface area contributed by atoms with Gasteiger partial charge >= 0.3 is 0 Å². The van der Waals surface area contributed by atoms with Crippen LogP contribution in [0.15, 0.2) is 24.3 Å². The standard InChI is InChI=1S/C13H13N3O2.ClH/c14-8-9-3-5-10(6-4-9)12(17)16-13(18)11-2-1-7-15-11;/h3-6,11,15H,1-2,7H2,(H,16,17,18);1H/t11-;/m0./s1. The number of hydrogen-bond acceptors (Lipinski definition) is 4. The third kappa shape index (κ3) is 3.78. The minimum Gasteiger partial charge on any atom is -0.306 e. The second-order valence-corrected chi connectivity index (χ2v) is 4.16. The summed E-state index contributed by atoms with van der Waals surface area (Å²) in [7, 11) is 0. The first-order chi connectivity index (χ1) is 8.70. The first kappa shape index (κ1) is 15.2. The van der Waals surface area contributed by atoms with Crippen LogP contribution in [0.1, 0.15) is 28.8 Å². The Morgan fingerprint density at radius 1 is 1.32 bits per heavy atom. The van der Waals surface area contributed by atoms with E-state index in [1.54, 1.807) is 12.1 Å². The molecule has 0 bridgehead atoms. The molecule has 0 saturated carbocycles. The molecule has 1 aliphatic heterocycles. The van der Waals surface area contributed by atoms with Crippen LogP contribution in [0.4, 0.5) is 0 Å². The summed E-state index contributed by atoms with van der Waals surface area (Å²) in [6.07, 6.45) is 1.70. The number of imide groups is 1. The van der Waals surface area contributed by atoms with E-state index in [0.717, 1.165) is 19.4 Å². The quantitative estimate of drug-likeness (QED) is 0.791. The van der Waals surface area contributed by atoms with Crippen LogP contribution in [0.25, 0.3) is 0 Å². The van der Waals surface area contributed by atoms with Gasteiger partial charge in [0.2, 0.25) is 5.91 Å². The number of amides is 2. The number of rotatable bonds is 2. The smallest absolute Gasteiger partial charge is 0.257 e. The topological polar surface area (TPSA) is 82.0 Å². The molecule has 2 amide bonds. The zero-order valence-corrected chi connectivity index (χ0v) is 11.0. The highest BCUT2D eigenvalue weighted by Gasteiger charge is 2.23. The van der Waals surface area contributed by atoms with Gasteiger partial charge in [-0.1, -0.05) is 0 Å². The van der Waals surface area contributed by atoms with E-state index in [1.807, 2.05) is 6.07 Å². The van der Waals surface area contributed by atoms with Gasteiger partial charge in [0, 0.05) is 5.56 Å². The Labute approximate surface area is 117 Å². The highest BCUT2D eigenvalue weighted by atomic mass is 35.5. The summed E-state index contributed by atoms with van der Waals surface area (Å²) in [4.78, 5) is 23.5. The number of nitrogens with one attached hydrogen (secondary N) is 2. The maximum Gasteiger partial charge on any atom is 0.257 e. The van der Waals surface area contributed by atoms with Gasteiger partial charge in [-0.2, -0.15) is 5.26 Å². The van der Waals surface area contributed by atoms with Gasteiger partial charge in [0.1, 0.15) is 0 Å². The fourth-order valence-electron chi connectivity index (χ4n) is 1.88. The van der Waals surface area contributed by atoms with Crippen LogP contribution in [-0.2, 0) is 4.79 Å². The second kappa shape index (κ2) is 6.88. The van der Waals surface area contributed by atoms with Crippen LogP contribution in [0.3, 0.4) is 0 Å². The summed E-state index contributed by atoms with van der Waals surface area (Å²) in [5.41, 5.74) is 0.857. The molecule has 0 radical (unpaired) electrons. The van der Waals surface area contributed by atoms with Gasteiger partial charge in [0.15, 0.2) is 0 Å². The third-order valence-electron chi connectivity index (χ3n) is 2.89. The molecule has 2 N–H and O–H groups in total. The van der Waals surface area contributed by atoms with E-state index < -0.39 is 5.91 Å². The van der Waals surface area contributed by atoms with Gasteiger partial charge in [0.25, 0.3) is 5.91 Å². The fraction of sp³-hybridized carbons (Fsp3) is 0.308. The van der Waals surface area contributed by atoms with Crippen molar-refractivity contribution < 1.29 is 9.59 Å². The maximum absolute atomic E-state index is 11.8. The summed E-state index contributed by atoms with van der Waals surface area (Å²) in [6.45, 7) is 0.809. The van der Waals surface area contributed by atoms with E-state index in [1.165, 1.54) is 12.1 Å². The molecule has 100 valence electrons. The van der Waals surface area contributed by atoms with Gasteiger partial charge in [-0.05, 0) is 43.7 Å². The molecule has 1 saturated heterocycles. The molecular weight excluding hydrogens is 266 g/mol. The number of carbonyl (C=O) groups excluding carboxylic acids is 2. The Bertz CT molecular complexity index is 502. The molecule has 2 rings (SSSR count). The molecule has 1 fully saturated rings. The molecule has 1 aromatic carbocycles. The van der Waals surface area contributed by atoms with Gasteiger partial charge in [-0.25, -0.2) is 0 Å².